The average molecular weight is 347 g/mol. The SMILES string of the molecule is COc1cncc(NC(=O)CNC(c2ccccc2)c2ccccc2)c1. The maximum Gasteiger partial charge on any atom is 0.238 e. The Morgan fingerprint density at radius 1 is 1.00 bits per heavy atom. The van der Waals surface area contributed by atoms with Gasteiger partial charge in [-0.2, -0.15) is 0 Å². The van der Waals surface area contributed by atoms with Gasteiger partial charge in [0.05, 0.1) is 37.8 Å². The molecule has 1 amide bonds. The third kappa shape index (κ3) is 4.68. The first-order valence-electron chi connectivity index (χ1n) is 8.38. The van der Waals surface area contributed by atoms with E-state index in [0.29, 0.717) is 11.4 Å². The summed E-state index contributed by atoms with van der Waals surface area (Å²) in [5.41, 5.74) is 2.82. The molecule has 3 aromatic rings. The van der Waals surface area contributed by atoms with Crippen LogP contribution in [0.5, 0.6) is 5.75 Å². The number of ether oxygens (including phenoxy) is 1. The van der Waals surface area contributed by atoms with Crippen LogP contribution in [0.2, 0.25) is 0 Å². The number of aromatic nitrogens is 1. The van der Waals surface area contributed by atoms with E-state index in [1.165, 1.54) is 0 Å². The zero-order chi connectivity index (χ0) is 18.2. The molecule has 0 spiro atoms. The fraction of sp³-hybridized carbons (Fsp3) is 0.143. The first-order valence-corrected chi connectivity index (χ1v) is 8.38. The van der Waals surface area contributed by atoms with Gasteiger partial charge in [0.25, 0.3) is 0 Å². The Balaban J connectivity index is 1.68. The minimum absolute atomic E-state index is 0.0633. The van der Waals surface area contributed by atoms with E-state index in [4.69, 9.17) is 4.74 Å². The predicted octanol–water partition coefficient (Wildman–Crippen LogP) is 3.41. The molecule has 132 valence electrons. The standard InChI is InChI=1S/C21H21N3O2/c1-26-19-12-18(13-22-14-19)24-20(25)15-23-21(16-8-4-2-5-9-16)17-10-6-3-7-11-17/h2-14,21,23H,15H2,1H3,(H,24,25). The van der Waals surface area contributed by atoms with Gasteiger partial charge in [0.2, 0.25) is 5.91 Å². The van der Waals surface area contributed by atoms with Crippen molar-refractivity contribution in [2.45, 2.75) is 6.04 Å². The van der Waals surface area contributed by atoms with Crippen molar-refractivity contribution in [2.24, 2.45) is 0 Å². The van der Waals surface area contributed by atoms with Crippen LogP contribution in [-0.4, -0.2) is 24.5 Å². The highest BCUT2D eigenvalue weighted by Crippen LogP contribution is 2.21. The highest BCUT2D eigenvalue weighted by molar-refractivity contribution is 5.92. The van der Waals surface area contributed by atoms with Crippen molar-refractivity contribution in [3.05, 3.63) is 90.3 Å². The van der Waals surface area contributed by atoms with Gasteiger partial charge >= 0.3 is 0 Å². The van der Waals surface area contributed by atoms with Crippen LogP contribution in [0.25, 0.3) is 0 Å². The summed E-state index contributed by atoms with van der Waals surface area (Å²) in [6.45, 7) is 0.172. The van der Waals surface area contributed by atoms with Crippen molar-refractivity contribution in [2.75, 3.05) is 19.0 Å². The molecule has 1 heterocycles. The molecule has 0 bridgehead atoms. The third-order valence-electron chi connectivity index (χ3n) is 3.97. The molecule has 0 saturated heterocycles. The van der Waals surface area contributed by atoms with Crippen molar-refractivity contribution in [3.8, 4) is 5.75 Å². The van der Waals surface area contributed by atoms with E-state index < -0.39 is 0 Å². The van der Waals surface area contributed by atoms with Crippen LogP contribution in [0.1, 0.15) is 17.2 Å². The molecular formula is C21H21N3O2. The van der Waals surface area contributed by atoms with Gasteiger partial charge in [0, 0.05) is 6.07 Å². The molecule has 3 rings (SSSR count). The second-order valence-electron chi connectivity index (χ2n) is 5.80. The largest absolute Gasteiger partial charge is 0.495 e. The van der Waals surface area contributed by atoms with E-state index in [2.05, 4.69) is 39.9 Å². The highest BCUT2D eigenvalue weighted by Gasteiger charge is 2.14. The molecule has 2 N–H and O–H groups in total. The predicted molar refractivity (Wildman–Crippen MR) is 102 cm³/mol. The van der Waals surface area contributed by atoms with E-state index in [-0.39, 0.29) is 18.5 Å². The number of pyridine rings is 1. The van der Waals surface area contributed by atoms with Crippen LogP contribution in [0.3, 0.4) is 0 Å². The lowest BCUT2D eigenvalue weighted by molar-refractivity contribution is -0.115. The summed E-state index contributed by atoms with van der Waals surface area (Å²) in [5.74, 6) is 0.458. The normalized spacial score (nSPS) is 10.5. The van der Waals surface area contributed by atoms with Gasteiger partial charge in [0.15, 0.2) is 0 Å². The smallest absolute Gasteiger partial charge is 0.238 e. The number of amides is 1. The van der Waals surface area contributed by atoms with Gasteiger partial charge in [-0.15, -0.1) is 0 Å². The number of carbonyl (C=O) groups excluding carboxylic acids is 1. The molecule has 0 aliphatic heterocycles. The molecule has 0 unspecified atom stereocenters. The molecular weight excluding hydrogens is 326 g/mol. The molecule has 0 aliphatic rings. The quantitative estimate of drug-likeness (QED) is 0.687. The van der Waals surface area contributed by atoms with Crippen molar-refractivity contribution in [1.82, 2.24) is 10.3 Å². The Bertz CT molecular complexity index is 799. The Kier molecular flexibility index (Phi) is 5.96. The molecule has 26 heavy (non-hydrogen) atoms. The number of nitrogens with zero attached hydrogens (tertiary/aromatic N) is 1. The van der Waals surface area contributed by atoms with Crippen LogP contribution < -0.4 is 15.4 Å². The van der Waals surface area contributed by atoms with E-state index in [9.17, 15) is 4.79 Å². The molecule has 5 nitrogen and oxygen atoms in total. The molecule has 1 aromatic heterocycles. The van der Waals surface area contributed by atoms with Crippen LogP contribution in [0.4, 0.5) is 5.69 Å². The summed E-state index contributed by atoms with van der Waals surface area (Å²) < 4.78 is 5.12. The van der Waals surface area contributed by atoms with Gasteiger partial charge < -0.3 is 10.1 Å². The lowest BCUT2D eigenvalue weighted by Gasteiger charge is -2.19. The Morgan fingerprint density at radius 2 is 1.62 bits per heavy atom. The number of hydrogen-bond donors (Lipinski definition) is 2. The van der Waals surface area contributed by atoms with E-state index in [1.54, 1.807) is 25.6 Å². The van der Waals surface area contributed by atoms with Gasteiger partial charge in [-0.3, -0.25) is 15.1 Å². The number of benzene rings is 2. The first-order chi connectivity index (χ1) is 12.8. The monoisotopic (exact) mass is 347 g/mol. The number of hydrogen-bond acceptors (Lipinski definition) is 4. The van der Waals surface area contributed by atoms with Crippen LogP contribution in [-0.2, 0) is 4.79 Å². The molecule has 0 atom stereocenters. The van der Waals surface area contributed by atoms with Gasteiger partial charge in [-0.1, -0.05) is 60.7 Å². The average Bonchev–Trinajstić information content (AvgIpc) is 2.70. The second kappa shape index (κ2) is 8.78. The number of anilines is 1. The minimum atomic E-state index is -0.142. The zero-order valence-electron chi connectivity index (χ0n) is 14.6. The molecule has 0 saturated carbocycles. The Labute approximate surface area is 153 Å². The number of carbonyl (C=O) groups is 1. The van der Waals surface area contributed by atoms with Crippen molar-refractivity contribution in [3.63, 3.8) is 0 Å². The lowest BCUT2D eigenvalue weighted by Crippen LogP contribution is -2.31. The van der Waals surface area contributed by atoms with Crippen LogP contribution >= 0.6 is 0 Å². The Hall–Kier alpha value is -3.18. The number of nitrogens with one attached hydrogen (secondary N) is 2. The summed E-state index contributed by atoms with van der Waals surface area (Å²) >= 11 is 0. The summed E-state index contributed by atoms with van der Waals surface area (Å²) in [6, 6.07) is 21.8. The third-order valence-corrected chi connectivity index (χ3v) is 3.97. The maximum absolute atomic E-state index is 12.3. The molecule has 0 aliphatic carbocycles. The fourth-order valence-corrected chi connectivity index (χ4v) is 2.72. The lowest BCUT2D eigenvalue weighted by atomic mass is 9.99. The summed E-state index contributed by atoms with van der Waals surface area (Å²) in [7, 11) is 1.56. The van der Waals surface area contributed by atoms with Crippen LogP contribution in [0, 0.1) is 0 Å². The highest BCUT2D eigenvalue weighted by atomic mass is 16.5. The Morgan fingerprint density at radius 3 is 2.19 bits per heavy atom. The second-order valence-corrected chi connectivity index (χ2v) is 5.80. The summed E-state index contributed by atoms with van der Waals surface area (Å²) in [6.07, 6.45) is 3.18. The van der Waals surface area contributed by atoms with Crippen molar-refractivity contribution >= 4 is 11.6 Å². The van der Waals surface area contributed by atoms with Gasteiger partial charge in [0.1, 0.15) is 5.75 Å². The molecule has 0 fully saturated rings. The minimum Gasteiger partial charge on any atom is -0.495 e. The topological polar surface area (TPSA) is 63.2 Å². The molecule has 0 radical (unpaired) electrons. The molecule has 5 heteroatoms. The van der Waals surface area contributed by atoms with Crippen molar-refractivity contribution in [1.29, 1.82) is 0 Å². The summed E-state index contributed by atoms with van der Waals surface area (Å²) in [4.78, 5) is 16.4. The van der Waals surface area contributed by atoms with E-state index >= 15 is 0 Å². The van der Waals surface area contributed by atoms with Gasteiger partial charge in [-0.25, -0.2) is 0 Å². The zero-order valence-corrected chi connectivity index (χ0v) is 14.6. The molecule has 2 aromatic carbocycles. The van der Waals surface area contributed by atoms with E-state index in [1.807, 2.05) is 36.4 Å². The number of rotatable bonds is 7. The summed E-state index contributed by atoms with van der Waals surface area (Å²) in [5, 5.41) is 6.17. The maximum atomic E-state index is 12.3. The van der Waals surface area contributed by atoms with E-state index in [0.717, 1.165) is 11.1 Å². The van der Waals surface area contributed by atoms with Gasteiger partial charge in [-0.05, 0) is 11.1 Å². The first kappa shape index (κ1) is 17.6. The fourth-order valence-electron chi connectivity index (χ4n) is 2.72. The van der Waals surface area contributed by atoms with Crippen LogP contribution in [0.15, 0.2) is 79.1 Å². The number of methoxy groups -OCH3 is 1. The van der Waals surface area contributed by atoms with Crippen molar-refractivity contribution < 1.29 is 9.53 Å².